The highest BCUT2D eigenvalue weighted by atomic mass is 19.1. The van der Waals surface area contributed by atoms with Gasteiger partial charge in [-0.15, -0.1) is 0 Å². The Labute approximate surface area is 184 Å². The van der Waals surface area contributed by atoms with Gasteiger partial charge in [-0.3, -0.25) is 4.90 Å². The number of aromatic amines is 1. The highest BCUT2D eigenvalue weighted by Crippen LogP contribution is 2.33. The van der Waals surface area contributed by atoms with Crippen LogP contribution in [0.1, 0.15) is 44.1 Å². The molecule has 1 fully saturated rings. The molecular weight excluding hydrogens is 411 g/mol. The fourth-order valence-corrected chi connectivity index (χ4v) is 4.69. The predicted octanol–water partition coefficient (Wildman–Crippen LogP) is 3.03. The second-order valence-electron chi connectivity index (χ2n) is 8.22. The summed E-state index contributed by atoms with van der Waals surface area (Å²) in [7, 11) is 0. The van der Waals surface area contributed by atoms with Crippen molar-refractivity contribution in [1.29, 1.82) is 0 Å². The molecule has 5 rings (SSSR count). The Balaban J connectivity index is 1.57. The molecule has 1 aliphatic rings. The summed E-state index contributed by atoms with van der Waals surface area (Å²) < 4.78 is 16.4. The number of aliphatic hydroxyl groups is 1. The van der Waals surface area contributed by atoms with Gasteiger partial charge < -0.3 is 20.0 Å². The third-order valence-electron chi connectivity index (χ3n) is 6.19. The molecule has 0 spiro atoms. The minimum absolute atomic E-state index is 0.131. The first-order valence-electron chi connectivity index (χ1n) is 11.1. The summed E-state index contributed by atoms with van der Waals surface area (Å²) in [4.78, 5) is 23.1. The number of aliphatic hydroxyl groups excluding tert-OH is 1. The lowest BCUT2D eigenvalue weighted by Crippen LogP contribution is -2.39. The number of piperidine rings is 1. The van der Waals surface area contributed by atoms with Gasteiger partial charge in [0.15, 0.2) is 11.5 Å². The van der Waals surface area contributed by atoms with E-state index in [2.05, 4.69) is 41.6 Å². The molecule has 0 aliphatic carbocycles. The van der Waals surface area contributed by atoms with Crippen molar-refractivity contribution in [2.45, 2.75) is 38.3 Å². The number of nitrogens with one attached hydrogen (secondary N) is 2. The number of rotatable bonds is 7. The number of benzene rings is 1. The second-order valence-corrected chi connectivity index (χ2v) is 8.22. The largest absolute Gasteiger partial charge is 0.395 e. The van der Waals surface area contributed by atoms with Crippen LogP contribution in [-0.4, -0.2) is 65.7 Å². The molecule has 3 aromatic heterocycles. The van der Waals surface area contributed by atoms with Crippen LogP contribution in [0, 0.1) is 5.82 Å². The molecule has 1 aliphatic heterocycles. The van der Waals surface area contributed by atoms with E-state index in [-0.39, 0.29) is 24.5 Å². The number of halogens is 1. The lowest BCUT2D eigenvalue weighted by atomic mass is 10.0. The maximum absolute atomic E-state index is 14.2. The van der Waals surface area contributed by atoms with Crippen LogP contribution in [-0.2, 0) is 0 Å². The molecule has 9 nitrogen and oxygen atoms in total. The number of nitrogens with zero attached hydrogens (tertiary/aromatic N) is 6. The smallest absolute Gasteiger partial charge is 0.182 e. The number of H-pyrrole nitrogens is 1. The van der Waals surface area contributed by atoms with E-state index in [1.807, 2.05) is 0 Å². The van der Waals surface area contributed by atoms with Gasteiger partial charge in [0.25, 0.3) is 0 Å². The lowest BCUT2D eigenvalue weighted by Gasteiger charge is -2.35. The van der Waals surface area contributed by atoms with E-state index in [1.165, 1.54) is 12.4 Å². The number of anilines is 1. The summed E-state index contributed by atoms with van der Waals surface area (Å²) in [5, 5.41) is 12.9. The quantitative estimate of drug-likeness (QED) is 0.407. The highest BCUT2D eigenvalue weighted by molar-refractivity contribution is 5.82. The molecule has 0 radical (unpaired) electrons. The summed E-state index contributed by atoms with van der Waals surface area (Å²) >= 11 is 0. The molecular formula is C22H27FN8O. The molecule has 1 aromatic carbocycles. The SMILES string of the molecule is CC[C@H](Nc1ncnc2nc[nH]c12)c1nc2ccc(F)cc2n1[C@@H]1CCCN(CCO)C1. The summed E-state index contributed by atoms with van der Waals surface area (Å²) in [5.41, 5.74) is 2.91. The van der Waals surface area contributed by atoms with E-state index < -0.39 is 0 Å². The topological polar surface area (TPSA) is 108 Å². The zero-order chi connectivity index (χ0) is 22.1. The zero-order valence-electron chi connectivity index (χ0n) is 18.0. The molecule has 10 heteroatoms. The van der Waals surface area contributed by atoms with Crippen molar-refractivity contribution in [1.82, 2.24) is 34.4 Å². The third-order valence-corrected chi connectivity index (χ3v) is 6.19. The Bertz CT molecular complexity index is 1220. The van der Waals surface area contributed by atoms with Crippen molar-refractivity contribution < 1.29 is 9.50 Å². The first kappa shape index (κ1) is 20.8. The first-order chi connectivity index (χ1) is 15.7. The molecule has 3 N–H and O–H groups in total. The van der Waals surface area contributed by atoms with Crippen LogP contribution in [0.4, 0.5) is 10.2 Å². The van der Waals surface area contributed by atoms with E-state index in [0.29, 0.717) is 18.0 Å². The molecule has 4 heterocycles. The van der Waals surface area contributed by atoms with Crippen LogP contribution >= 0.6 is 0 Å². The van der Waals surface area contributed by atoms with Crippen LogP contribution in [0.15, 0.2) is 30.9 Å². The standard InChI is InChI=1S/C22H27FN8O/c1-2-16(28-21-19-20(25-12-24-19)26-13-27-21)22-29-17-6-5-14(23)10-18(17)31(22)15-4-3-7-30(11-15)8-9-32/h5-6,10,12-13,15-16,32H,2-4,7-9,11H2,1H3,(H2,24,25,26,27,28)/t15-,16+/m1/s1. The predicted molar refractivity (Wildman–Crippen MR) is 120 cm³/mol. The average Bonchev–Trinajstić information content (AvgIpc) is 3.43. The molecule has 0 bridgehead atoms. The Morgan fingerprint density at radius 1 is 1.31 bits per heavy atom. The third kappa shape index (κ3) is 3.80. The average molecular weight is 439 g/mol. The monoisotopic (exact) mass is 438 g/mol. The van der Waals surface area contributed by atoms with E-state index in [1.54, 1.807) is 18.5 Å². The van der Waals surface area contributed by atoms with Crippen LogP contribution in [0.5, 0.6) is 0 Å². The van der Waals surface area contributed by atoms with Gasteiger partial charge in [0.2, 0.25) is 0 Å². The first-order valence-corrected chi connectivity index (χ1v) is 11.1. The molecule has 168 valence electrons. The van der Waals surface area contributed by atoms with Crippen LogP contribution in [0.25, 0.3) is 22.2 Å². The molecule has 0 amide bonds. The van der Waals surface area contributed by atoms with Gasteiger partial charge in [-0.05, 0) is 44.0 Å². The van der Waals surface area contributed by atoms with Crippen LogP contribution < -0.4 is 5.32 Å². The van der Waals surface area contributed by atoms with E-state index in [9.17, 15) is 9.50 Å². The normalized spacial score (nSPS) is 18.4. The summed E-state index contributed by atoms with van der Waals surface area (Å²) in [6.07, 6.45) is 5.85. The van der Waals surface area contributed by atoms with E-state index in [0.717, 1.165) is 54.7 Å². The number of fused-ring (bicyclic) bond motifs is 2. The maximum atomic E-state index is 14.2. The van der Waals surface area contributed by atoms with Gasteiger partial charge in [-0.25, -0.2) is 24.3 Å². The fraction of sp³-hybridized carbons (Fsp3) is 0.455. The van der Waals surface area contributed by atoms with Gasteiger partial charge in [0.05, 0.1) is 30.0 Å². The minimum atomic E-state index is -0.274. The van der Waals surface area contributed by atoms with Gasteiger partial charge in [0, 0.05) is 19.1 Å². The Morgan fingerprint density at radius 3 is 3.06 bits per heavy atom. The van der Waals surface area contributed by atoms with Crippen LogP contribution in [0.3, 0.4) is 0 Å². The molecule has 4 aromatic rings. The number of imidazole rings is 2. The van der Waals surface area contributed by atoms with Gasteiger partial charge in [-0.1, -0.05) is 6.92 Å². The van der Waals surface area contributed by atoms with Crippen molar-refractivity contribution in [2.24, 2.45) is 0 Å². The van der Waals surface area contributed by atoms with E-state index in [4.69, 9.17) is 4.98 Å². The maximum Gasteiger partial charge on any atom is 0.182 e. The summed E-state index contributed by atoms with van der Waals surface area (Å²) in [6, 6.07) is 4.77. The van der Waals surface area contributed by atoms with Crippen molar-refractivity contribution >= 4 is 28.0 Å². The Morgan fingerprint density at radius 2 is 2.22 bits per heavy atom. The highest BCUT2D eigenvalue weighted by Gasteiger charge is 2.28. The molecule has 0 unspecified atom stereocenters. The number of aromatic nitrogens is 6. The Kier molecular flexibility index (Phi) is 5.71. The van der Waals surface area contributed by atoms with Gasteiger partial charge in [-0.2, -0.15) is 0 Å². The number of likely N-dealkylation sites (tertiary alicyclic amines) is 1. The Hall–Kier alpha value is -3.11. The molecule has 32 heavy (non-hydrogen) atoms. The van der Waals surface area contributed by atoms with Gasteiger partial charge in [0.1, 0.15) is 23.5 Å². The van der Waals surface area contributed by atoms with Crippen molar-refractivity contribution in [2.75, 3.05) is 31.6 Å². The number of hydrogen-bond donors (Lipinski definition) is 3. The van der Waals surface area contributed by atoms with Crippen molar-refractivity contribution in [3.63, 3.8) is 0 Å². The summed E-state index contributed by atoms with van der Waals surface area (Å²) in [6.45, 7) is 4.62. The van der Waals surface area contributed by atoms with Crippen molar-refractivity contribution in [3.05, 3.63) is 42.5 Å². The van der Waals surface area contributed by atoms with Gasteiger partial charge >= 0.3 is 0 Å². The fourth-order valence-electron chi connectivity index (χ4n) is 4.69. The molecule has 0 saturated carbocycles. The molecule has 1 saturated heterocycles. The second kappa shape index (κ2) is 8.79. The lowest BCUT2D eigenvalue weighted by molar-refractivity contribution is 0.142. The van der Waals surface area contributed by atoms with Crippen LogP contribution in [0.2, 0.25) is 0 Å². The summed E-state index contributed by atoms with van der Waals surface area (Å²) in [5.74, 6) is 1.24. The molecule has 2 atom stereocenters. The number of hydrogen-bond acceptors (Lipinski definition) is 7. The number of β-amino-alcohol motifs (C(OH)–C–C–N with tert-alkyl or cyclic N) is 1. The zero-order valence-corrected chi connectivity index (χ0v) is 18.0. The van der Waals surface area contributed by atoms with E-state index >= 15 is 0 Å². The van der Waals surface area contributed by atoms with Crippen molar-refractivity contribution in [3.8, 4) is 0 Å². The minimum Gasteiger partial charge on any atom is -0.395 e.